The predicted octanol–water partition coefficient (Wildman–Crippen LogP) is 5.39. The third-order valence-electron chi connectivity index (χ3n) is 4.77. The molecule has 122 valence electrons. The topological polar surface area (TPSA) is 27.0 Å². The third kappa shape index (κ3) is 3.27. The van der Waals surface area contributed by atoms with Crippen LogP contribution in [0.15, 0.2) is 66.7 Å². The van der Waals surface area contributed by atoms with Crippen molar-refractivity contribution in [2.24, 2.45) is 0 Å². The van der Waals surface area contributed by atoms with Gasteiger partial charge in [-0.3, -0.25) is 0 Å². The SMILES string of the molecule is N#Cc1cccc(N2CCc3cccc(-c4ccc(I)cc4)c3C2)c1. The van der Waals surface area contributed by atoms with E-state index in [4.69, 9.17) is 5.26 Å². The zero-order valence-corrected chi connectivity index (χ0v) is 15.9. The number of benzene rings is 3. The largest absolute Gasteiger partial charge is 0.367 e. The highest BCUT2D eigenvalue weighted by atomic mass is 127. The molecule has 3 aromatic rings. The minimum absolute atomic E-state index is 0.717. The fourth-order valence-electron chi connectivity index (χ4n) is 3.47. The zero-order valence-electron chi connectivity index (χ0n) is 13.7. The van der Waals surface area contributed by atoms with Gasteiger partial charge in [0.2, 0.25) is 0 Å². The summed E-state index contributed by atoms with van der Waals surface area (Å²) in [7, 11) is 0. The Hall–Kier alpha value is -2.32. The Bertz CT molecular complexity index is 955. The van der Waals surface area contributed by atoms with Crippen LogP contribution in [-0.2, 0) is 13.0 Å². The Morgan fingerprint density at radius 3 is 2.56 bits per heavy atom. The second-order valence-electron chi connectivity index (χ2n) is 6.28. The van der Waals surface area contributed by atoms with Gasteiger partial charge >= 0.3 is 0 Å². The first kappa shape index (κ1) is 16.2. The van der Waals surface area contributed by atoms with E-state index in [2.05, 4.69) is 82.1 Å². The second-order valence-corrected chi connectivity index (χ2v) is 7.53. The number of fused-ring (bicyclic) bond motifs is 1. The van der Waals surface area contributed by atoms with E-state index >= 15 is 0 Å². The van der Waals surface area contributed by atoms with Gasteiger partial charge in [-0.05, 0) is 81.6 Å². The quantitative estimate of drug-likeness (QED) is 0.504. The van der Waals surface area contributed by atoms with Crippen LogP contribution < -0.4 is 4.90 Å². The third-order valence-corrected chi connectivity index (χ3v) is 5.49. The Morgan fingerprint density at radius 1 is 0.960 bits per heavy atom. The van der Waals surface area contributed by atoms with Gasteiger partial charge in [-0.25, -0.2) is 0 Å². The molecule has 1 aliphatic rings. The van der Waals surface area contributed by atoms with E-state index in [1.165, 1.54) is 25.8 Å². The van der Waals surface area contributed by atoms with E-state index in [9.17, 15) is 0 Å². The molecule has 25 heavy (non-hydrogen) atoms. The average molecular weight is 436 g/mol. The first-order valence-electron chi connectivity index (χ1n) is 8.36. The van der Waals surface area contributed by atoms with Crippen LogP contribution in [0.25, 0.3) is 11.1 Å². The number of hydrogen-bond donors (Lipinski definition) is 0. The zero-order chi connectivity index (χ0) is 17.2. The van der Waals surface area contributed by atoms with Crippen LogP contribution in [0.4, 0.5) is 5.69 Å². The molecule has 0 radical (unpaired) electrons. The van der Waals surface area contributed by atoms with Gasteiger partial charge in [0.1, 0.15) is 0 Å². The standard InChI is InChI=1S/C22H17IN2/c23-19-9-7-18(8-10-19)21-6-2-4-17-11-12-25(15-22(17)21)20-5-1-3-16(13-20)14-24/h1-10,13H,11-12,15H2. The van der Waals surface area contributed by atoms with Gasteiger partial charge in [0.05, 0.1) is 11.6 Å². The highest BCUT2D eigenvalue weighted by Crippen LogP contribution is 2.32. The molecule has 2 nitrogen and oxygen atoms in total. The Labute approximate surface area is 161 Å². The lowest BCUT2D eigenvalue weighted by molar-refractivity contribution is 0.733. The maximum Gasteiger partial charge on any atom is 0.0992 e. The molecule has 0 saturated carbocycles. The van der Waals surface area contributed by atoms with Gasteiger partial charge in [-0.1, -0.05) is 36.4 Å². The van der Waals surface area contributed by atoms with Crippen molar-refractivity contribution in [3.8, 4) is 17.2 Å². The molecule has 0 atom stereocenters. The van der Waals surface area contributed by atoms with Gasteiger partial charge in [-0.15, -0.1) is 0 Å². The van der Waals surface area contributed by atoms with E-state index in [0.29, 0.717) is 5.56 Å². The van der Waals surface area contributed by atoms with Crippen LogP contribution in [0.2, 0.25) is 0 Å². The van der Waals surface area contributed by atoms with Crippen molar-refractivity contribution in [3.05, 3.63) is 87.0 Å². The molecule has 0 bridgehead atoms. The molecule has 3 aromatic carbocycles. The van der Waals surface area contributed by atoms with Crippen LogP contribution in [0.1, 0.15) is 16.7 Å². The fourth-order valence-corrected chi connectivity index (χ4v) is 3.83. The van der Waals surface area contributed by atoms with Gasteiger partial charge < -0.3 is 4.90 Å². The summed E-state index contributed by atoms with van der Waals surface area (Å²) in [6, 6.07) is 25.5. The molecule has 0 fully saturated rings. The Balaban J connectivity index is 1.72. The second kappa shape index (κ2) is 6.89. The smallest absolute Gasteiger partial charge is 0.0992 e. The number of nitrogens with zero attached hydrogens (tertiary/aromatic N) is 2. The molecule has 0 aromatic heterocycles. The number of rotatable bonds is 2. The van der Waals surface area contributed by atoms with Crippen molar-refractivity contribution in [2.45, 2.75) is 13.0 Å². The van der Waals surface area contributed by atoms with Crippen LogP contribution in [0, 0.1) is 14.9 Å². The maximum atomic E-state index is 9.16. The molecule has 0 spiro atoms. The fraction of sp³-hybridized carbons (Fsp3) is 0.136. The van der Waals surface area contributed by atoms with Crippen LogP contribution in [-0.4, -0.2) is 6.54 Å². The van der Waals surface area contributed by atoms with Gasteiger partial charge in [0.25, 0.3) is 0 Å². The van der Waals surface area contributed by atoms with E-state index < -0.39 is 0 Å². The summed E-state index contributed by atoms with van der Waals surface area (Å²) in [5.41, 5.74) is 7.26. The molecular weight excluding hydrogens is 419 g/mol. The summed E-state index contributed by atoms with van der Waals surface area (Å²) in [5, 5.41) is 9.16. The van der Waals surface area contributed by atoms with E-state index in [1.54, 1.807) is 0 Å². The average Bonchev–Trinajstić information content (AvgIpc) is 2.68. The summed E-state index contributed by atoms with van der Waals surface area (Å²) < 4.78 is 1.25. The van der Waals surface area contributed by atoms with Crippen LogP contribution in [0.5, 0.6) is 0 Å². The Kier molecular flexibility index (Phi) is 4.46. The number of anilines is 1. The highest BCUT2D eigenvalue weighted by Gasteiger charge is 2.20. The van der Waals surface area contributed by atoms with Gasteiger partial charge in [0.15, 0.2) is 0 Å². The summed E-state index contributed by atoms with van der Waals surface area (Å²) in [4.78, 5) is 2.37. The van der Waals surface area contributed by atoms with Crippen molar-refractivity contribution in [1.29, 1.82) is 5.26 Å². The molecule has 0 saturated heterocycles. The number of nitriles is 1. The molecule has 4 rings (SSSR count). The van der Waals surface area contributed by atoms with Crippen molar-refractivity contribution in [1.82, 2.24) is 0 Å². The molecule has 0 unspecified atom stereocenters. The van der Waals surface area contributed by atoms with Crippen molar-refractivity contribution >= 4 is 28.3 Å². The maximum absolute atomic E-state index is 9.16. The molecular formula is C22H17IN2. The van der Waals surface area contributed by atoms with Crippen LogP contribution in [0.3, 0.4) is 0 Å². The molecule has 1 aliphatic heterocycles. The van der Waals surface area contributed by atoms with E-state index in [1.807, 2.05) is 18.2 Å². The number of hydrogen-bond acceptors (Lipinski definition) is 2. The molecule has 3 heteroatoms. The lowest BCUT2D eigenvalue weighted by atomic mass is 9.91. The Morgan fingerprint density at radius 2 is 1.76 bits per heavy atom. The molecule has 0 aliphatic carbocycles. The highest BCUT2D eigenvalue weighted by molar-refractivity contribution is 14.1. The predicted molar refractivity (Wildman–Crippen MR) is 111 cm³/mol. The van der Waals surface area contributed by atoms with Crippen molar-refractivity contribution in [2.75, 3.05) is 11.4 Å². The molecule has 0 N–H and O–H groups in total. The lowest BCUT2D eigenvalue weighted by Crippen LogP contribution is -2.30. The summed E-state index contributed by atoms with van der Waals surface area (Å²) in [6.45, 7) is 1.87. The van der Waals surface area contributed by atoms with E-state index in [0.717, 1.165) is 25.2 Å². The summed E-state index contributed by atoms with van der Waals surface area (Å²) >= 11 is 2.34. The molecule has 0 amide bonds. The number of halogens is 1. The minimum Gasteiger partial charge on any atom is -0.367 e. The molecule has 1 heterocycles. The monoisotopic (exact) mass is 436 g/mol. The first-order valence-corrected chi connectivity index (χ1v) is 9.44. The van der Waals surface area contributed by atoms with Crippen molar-refractivity contribution in [3.63, 3.8) is 0 Å². The minimum atomic E-state index is 0.717. The normalized spacial score (nSPS) is 13.2. The van der Waals surface area contributed by atoms with Gasteiger partial charge in [-0.2, -0.15) is 5.26 Å². The van der Waals surface area contributed by atoms with Crippen molar-refractivity contribution < 1.29 is 0 Å². The van der Waals surface area contributed by atoms with E-state index in [-0.39, 0.29) is 0 Å². The first-order chi connectivity index (χ1) is 12.2. The summed E-state index contributed by atoms with van der Waals surface area (Å²) in [6.07, 6.45) is 1.03. The van der Waals surface area contributed by atoms with Crippen LogP contribution >= 0.6 is 22.6 Å². The lowest BCUT2D eigenvalue weighted by Gasteiger charge is -2.32. The van der Waals surface area contributed by atoms with Gasteiger partial charge in [0, 0.05) is 22.3 Å². The summed E-state index contributed by atoms with van der Waals surface area (Å²) in [5.74, 6) is 0.